The molecule has 3 heterocycles. The topological polar surface area (TPSA) is 101 Å². The van der Waals surface area contributed by atoms with Crippen LogP contribution in [0.25, 0.3) is 0 Å². The first-order valence-electron chi connectivity index (χ1n) is 14.5. The van der Waals surface area contributed by atoms with Crippen molar-refractivity contribution in [2.24, 2.45) is 11.8 Å². The van der Waals surface area contributed by atoms with E-state index in [1.54, 1.807) is 11.0 Å². The van der Waals surface area contributed by atoms with Crippen LogP contribution in [0.15, 0.2) is 67.3 Å². The fourth-order valence-corrected chi connectivity index (χ4v) is 10.8. The fourth-order valence-electron chi connectivity index (χ4n) is 7.19. The Labute approximate surface area is 259 Å². The number of benzene rings is 2. The van der Waals surface area contributed by atoms with Crippen LogP contribution in [-0.2, 0) is 20.8 Å². The van der Waals surface area contributed by atoms with Gasteiger partial charge in [-0.2, -0.15) is 0 Å². The van der Waals surface area contributed by atoms with E-state index in [-0.39, 0.29) is 35.0 Å². The lowest BCUT2D eigenvalue weighted by molar-refractivity contribution is -0.149. The molecule has 8 nitrogen and oxygen atoms in total. The van der Waals surface area contributed by atoms with Gasteiger partial charge in [0.05, 0.1) is 29.2 Å². The lowest BCUT2D eigenvalue weighted by Crippen LogP contribution is -2.58. The van der Waals surface area contributed by atoms with Crippen molar-refractivity contribution in [2.75, 3.05) is 36.0 Å². The maximum absolute atomic E-state index is 14.8. The molecule has 10 heteroatoms. The molecule has 224 valence electrons. The summed E-state index contributed by atoms with van der Waals surface area (Å²) in [5.41, 5.74) is 2.64. The highest BCUT2D eigenvalue weighted by Gasteiger charge is 2.76. The number of carbonyl (C=O) groups excluding carboxylic acids is 2. The summed E-state index contributed by atoms with van der Waals surface area (Å²) < 4.78 is -0.930. The minimum Gasteiger partial charge on any atom is -0.481 e. The van der Waals surface area contributed by atoms with Crippen molar-refractivity contribution in [3.63, 3.8) is 0 Å². The van der Waals surface area contributed by atoms with E-state index < -0.39 is 34.6 Å². The number of hydrogen-bond acceptors (Lipinski definition) is 6. The van der Waals surface area contributed by atoms with Crippen LogP contribution in [0.2, 0.25) is 0 Å². The van der Waals surface area contributed by atoms with E-state index in [1.165, 1.54) is 16.7 Å². The van der Waals surface area contributed by atoms with E-state index in [9.17, 15) is 24.6 Å². The number of alkyl halides is 1. The first-order valence-corrected chi connectivity index (χ1v) is 16.3. The second-order valence-corrected chi connectivity index (χ2v) is 13.9. The average molecular weight is 657 g/mol. The second kappa shape index (κ2) is 12.4. The van der Waals surface area contributed by atoms with Gasteiger partial charge in [-0.3, -0.25) is 14.4 Å². The summed E-state index contributed by atoms with van der Waals surface area (Å²) in [7, 11) is 0. The first kappa shape index (κ1) is 30.6. The second-order valence-electron chi connectivity index (χ2n) is 11.2. The van der Waals surface area contributed by atoms with Crippen LogP contribution in [0.3, 0.4) is 0 Å². The highest BCUT2D eigenvalue weighted by molar-refractivity contribution is 9.09. The number of amides is 2. The van der Waals surface area contributed by atoms with Gasteiger partial charge >= 0.3 is 5.97 Å². The molecule has 2 aromatic carbocycles. The predicted molar refractivity (Wildman–Crippen MR) is 170 cm³/mol. The molecule has 2 amide bonds. The molecule has 3 aliphatic rings. The molecule has 3 saturated heterocycles. The molecule has 0 aliphatic carbocycles. The third kappa shape index (κ3) is 5.05. The summed E-state index contributed by atoms with van der Waals surface area (Å²) in [5.74, 6) is -3.44. The van der Waals surface area contributed by atoms with Gasteiger partial charge in [-0.15, -0.1) is 18.3 Å². The molecule has 2 bridgehead atoms. The molecule has 0 radical (unpaired) electrons. The Kier molecular flexibility index (Phi) is 9.06. The minimum absolute atomic E-state index is 0.147. The maximum atomic E-state index is 14.8. The summed E-state index contributed by atoms with van der Waals surface area (Å²) in [4.78, 5) is 47.0. The van der Waals surface area contributed by atoms with Crippen molar-refractivity contribution >= 4 is 56.9 Å². The zero-order chi connectivity index (χ0) is 30.2. The van der Waals surface area contributed by atoms with Gasteiger partial charge in [0.25, 0.3) is 5.91 Å². The number of aliphatic hydroxyl groups excluding tert-OH is 1. The number of carboxylic acid groups (broad SMARTS) is 1. The van der Waals surface area contributed by atoms with Crippen LogP contribution >= 0.6 is 27.7 Å². The first-order chi connectivity index (χ1) is 20.2. The van der Waals surface area contributed by atoms with Crippen molar-refractivity contribution in [2.45, 2.75) is 53.6 Å². The van der Waals surface area contributed by atoms with Gasteiger partial charge in [-0.25, -0.2) is 0 Å². The molecule has 2 aromatic rings. The average Bonchev–Trinajstić information content (AvgIpc) is 3.59. The van der Waals surface area contributed by atoms with Gasteiger partial charge in [-0.1, -0.05) is 52.3 Å². The molecule has 7 atom stereocenters. The number of carbonyl (C=O) groups is 3. The molecule has 0 aromatic heterocycles. The predicted octanol–water partition coefficient (Wildman–Crippen LogP) is 4.20. The summed E-state index contributed by atoms with van der Waals surface area (Å²) in [6.07, 6.45) is 2.49. The zero-order valence-electron chi connectivity index (χ0n) is 23.9. The van der Waals surface area contributed by atoms with Gasteiger partial charge < -0.3 is 24.9 Å². The van der Waals surface area contributed by atoms with Crippen LogP contribution in [-0.4, -0.2) is 86.0 Å². The Hall–Kier alpha value is -2.82. The summed E-state index contributed by atoms with van der Waals surface area (Å²) in [6.45, 7) is 9.66. The van der Waals surface area contributed by atoms with E-state index >= 15 is 0 Å². The maximum Gasteiger partial charge on any atom is 0.308 e. The van der Waals surface area contributed by atoms with Gasteiger partial charge in [-0.05, 0) is 56.5 Å². The van der Waals surface area contributed by atoms with Crippen molar-refractivity contribution < 1.29 is 24.6 Å². The van der Waals surface area contributed by atoms with E-state index in [4.69, 9.17) is 0 Å². The zero-order valence-corrected chi connectivity index (χ0v) is 26.3. The molecule has 5 rings (SSSR count). The summed E-state index contributed by atoms with van der Waals surface area (Å²) >= 11 is 5.16. The molecule has 1 spiro atoms. The van der Waals surface area contributed by atoms with Gasteiger partial charge in [0.2, 0.25) is 5.91 Å². The Morgan fingerprint density at radius 1 is 1.14 bits per heavy atom. The highest BCUT2D eigenvalue weighted by Crippen LogP contribution is 2.68. The minimum atomic E-state index is -1.02. The quantitative estimate of drug-likeness (QED) is 0.261. The molecular formula is C32H38BrN3O5S. The number of thioether (sulfide) groups is 1. The van der Waals surface area contributed by atoms with E-state index in [0.717, 1.165) is 24.3 Å². The number of aliphatic hydroxyl groups is 1. The Balaban J connectivity index is 1.59. The van der Waals surface area contributed by atoms with Crippen LogP contribution in [0.5, 0.6) is 0 Å². The molecule has 3 aliphatic heterocycles. The molecule has 2 N–H and O–H groups in total. The van der Waals surface area contributed by atoms with Crippen molar-refractivity contribution in [1.29, 1.82) is 0 Å². The smallest absolute Gasteiger partial charge is 0.308 e. The lowest BCUT2D eigenvalue weighted by Gasteiger charge is -2.40. The van der Waals surface area contributed by atoms with Gasteiger partial charge in [0.15, 0.2) is 0 Å². The summed E-state index contributed by atoms with van der Waals surface area (Å²) in [6, 6.07) is 15.7. The molecule has 3 unspecified atom stereocenters. The molecule has 0 saturated carbocycles. The number of likely N-dealkylation sites (tertiary alicyclic amines) is 1. The van der Waals surface area contributed by atoms with E-state index in [2.05, 4.69) is 41.3 Å². The van der Waals surface area contributed by atoms with E-state index in [1.807, 2.05) is 54.6 Å². The molecule has 42 heavy (non-hydrogen) atoms. The SMILES string of the molecule is C=CCN(C(=O)C1N([C@@H](CO)Cc2ccccc2)C(=O)[C@@H]2[C@@H](C(=O)O)[C@@H]3SC12CC3Br)c1ccc(N(CC)CC)cc1. The summed E-state index contributed by atoms with van der Waals surface area (Å²) in [5, 5.41) is 20.6. The number of aliphatic carboxylic acids is 1. The number of fused-ring (bicyclic) bond motifs is 1. The normalized spacial score (nSPS) is 28.4. The van der Waals surface area contributed by atoms with Crippen LogP contribution in [0.4, 0.5) is 11.4 Å². The largest absolute Gasteiger partial charge is 0.481 e. The number of anilines is 2. The monoisotopic (exact) mass is 655 g/mol. The Bertz CT molecular complexity index is 1320. The number of rotatable bonds is 12. The molecule has 3 fully saturated rings. The third-order valence-corrected chi connectivity index (χ3v) is 12.3. The Morgan fingerprint density at radius 2 is 1.79 bits per heavy atom. The molecular weight excluding hydrogens is 618 g/mol. The fraction of sp³-hybridized carbons (Fsp3) is 0.469. The van der Waals surface area contributed by atoms with Crippen LogP contribution in [0.1, 0.15) is 25.8 Å². The van der Waals surface area contributed by atoms with E-state index in [0.29, 0.717) is 18.5 Å². The van der Waals surface area contributed by atoms with Gasteiger partial charge in [0.1, 0.15) is 6.04 Å². The number of nitrogens with zero attached hydrogens (tertiary/aromatic N) is 3. The van der Waals surface area contributed by atoms with Crippen molar-refractivity contribution in [3.05, 3.63) is 72.8 Å². The number of halogens is 1. The van der Waals surface area contributed by atoms with Crippen molar-refractivity contribution in [3.8, 4) is 0 Å². The third-order valence-electron chi connectivity index (χ3n) is 9.03. The Morgan fingerprint density at radius 3 is 2.36 bits per heavy atom. The number of carboxylic acids is 1. The van der Waals surface area contributed by atoms with Crippen molar-refractivity contribution in [1.82, 2.24) is 4.90 Å². The number of hydrogen-bond donors (Lipinski definition) is 2. The van der Waals surface area contributed by atoms with Gasteiger partial charge in [0, 0.05) is 41.1 Å². The lowest BCUT2D eigenvalue weighted by atomic mass is 9.71. The highest BCUT2D eigenvalue weighted by atomic mass is 79.9. The van der Waals surface area contributed by atoms with Crippen LogP contribution < -0.4 is 9.80 Å². The standard InChI is InChI=1S/C32H38BrN3O5S/c1-4-16-35(22-14-12-21(13-15-22)34(5-2)6-3)30(39)28-32-18-24(33)27(42-32)25(31(40)41)26(32)29(38)36(28)23(19-37)17-20-10-8-7-9-11-20/h4,7-15,23-28,37H,1,5-6,16-19H2,2-3H3,(H,40,41)/t23-,24?,25-,26+,27-,28?,32?/m1/s1. The van der Waals surface area contributed by atoms with Crippen LogP contribution in [0, 0.1) is 11.8 Å².